The molecule has 92 valence electrons. The first-order valence-electron chi connectivity index (χ1n) is 5.47. The zero-order valence-electron chi connectivity index (χ0n) is 10.0. The Hall–Kier alpha value is 0.360. The van der Waals surface area contributed by atoms with E-state index in [1.807, 2.05) is 0 Å². The van der Waals surface area contributed by atoms with Crippen LogP contribution in [0.25, 0.3) is 0 Å². The molecular weight excluding hydrogens is 260 g/mol. The van der Waals surface area contributed by atoms with Crippen LogP contribution in [-0.4, -0.2) is 45.0 Å². The molecule has 0 aliphatic heterocycles. The topological polar surface area (TPSA) is 27.7 Å². The zero-order valence-corrected chi connectivity index (χ0v) is 11.6. The number of halogens is 1. The van der Waals surface area contributed by atoms with Crippen LogP contribution in [0.1, 0.15) is 20.3 Å². The molecule has 0 saturated carbocycles. The second-order valence-electron chi connectivity index (χ2n) is 3.66. The second kappa shape index (κ2) is 10.9. The third-order valence-electron chi connectivity index (χ3n) is 2.31. The highest BCUT2D eigenvalue weighted by Crippen LogP contribution is 2.14. The third-order valence-corrected chi connectivity index (χ3v) is 3.21. The normalized spacial score (nSPS) is 15.2. The Balaban J connectivity index is 3.05. The van der Waals surface area contributed by atoms with E-state index in [1.54, 1.807) is 7.11 Å². The summed E-state index contributed by atoms with van der Waals surface area (Å²) in [5.41, 5.74) is 0. The maximum absolute atomic E-state index is 5.45. The SMILES string of the molecule is COCCOCCOCCC(C)C(C)Br. The molecule has 0 radical (unpaired) electrons. The van der Waals surface area contributed by atoms with Gasteiger partial charge in [-0.25, -0.2) is 0 Å². The fraction of sp³-hybridized carbons (Fsp3) is 1.00. The fourth-order valence-electron chi connectivity index (χ4n) is 0.963. The van der Waals surface area contributed by atoms with Gasteiger partial charge in [0.25, 0.3) is 0 Å². The summed E-state index contributed by atoms with van der Waals surface area (Å²) in [5, 5.41) is 0. The van der Waals surface area contributed by atoms with E-state index in [1.165, 1.54) is 0 Å². The predicted molar refractivity (Wildman–Crippen MR) is 65.7 cm³/mol. The lowest BCUT2D eigenvalue weighted by Crippen LogP contribution is -2.12. The molecule has 0 N–H and O–H groups in total. The molecule has 2 atom stereocenters. The van der Waals surface area contributed by atoms with Gasteiger partial charge in [-0.1, -0.05) is 29.8 Å². The van der Waals surface area contributed by atoms with E-state index < -0.39 is 0 Å². The molecule has 0 aromatic rings. The van der Waals surface area contributed by atoms with Gasteiger partial charge in [0.1, 0.15) is 0 Å². The predicted octanol–water partition coefficient (Wildman–Crippen LogP) is 2.48. The summed E-state index contributed by atoms with van der Waals surface area (Å²) in [6.45, 7) is 7.82. The lowest BCUT2D eigenvalue weighted by molar-refractivity contribution is 0.0223. The molecule has 4 heteroatoms. The highest BCUT2D eigenvalue weighted by Gasteiger charge is 2.07. The Labute approximate surface area is 102 Å². The highest BCUT2D eigenvalue weighted by molar-refractivity contribution is 9.09. The molecular formula is C11H23BrO3. The van der Waals surface area contributed by atoms with E-state index in [0.29, 0.717) is 37.2 Å². The number of hydrogen-bond acceptors (Lipinski definition) is 3. The average molecular weight is 283 g/mol. The van der Waals surface area contributed by atoms with E-state index in [9.17, 15) is 0 Å². The van der Waals surface area contributed by atoms with Gasteiger partial charge in [-0.3, -0.25) is 0 Å². The van der Waals surface area contributed by atoms with Crippen molar-refractivity contribution >= 4 is 15.9 Å². The van der Waals surface area contributed by atoms with Gasteiger partial charge < -0.3 is 14.2 Å². The lowest BCUT2D eigenvalue weighted by atomic mass is 10.1. The van der Waals surface area contributed by atoms with Crippen molar-refractivity contribution in [2.45, 2.75) is 25.1 Å². The Bertz CT molecular complexity index is 131. The number of ether oxygens (including phenoxy) is 3. The molecule has 0 bridgehead atoms. The van der Waals surface area contributed by atoms with Gasteiger partial charge >= 0.3 is 0 Å². The number of hydrogen-bond donors (Lipinski definition) is 0. The van der Waals surface area contributed by atoms with Crippen molar-refractivity contribution in [2.75, 3.05) is 40.1 Å². The summed E-state index contributed by atoms with van der Waals surface area (Å²) in [6, 6.07) is 0. The third kappa shape index (κ3) is 10.6. The van der Waals surface area contributed by atoms with Crippen LogP contribution in [0.2, 0.25) is 0 Å². The minimum Gasteiger partial charge on any atom is -0.382 e. The van der Waals surface area contributed by atoms with Crippen molar-refractivity contribution in [1.29, 1.82) is 0 Å². The fourth-order valence-corrected chi connectivity index (χ4v) is 1.23. The van der Waals surface area contributed by atoms with Gasteiger partial charge in [-0.2, -0.15) is 0 Å². The molecule has 3 nitrogen and oxygen atoms in total. The van der Waals surface area contributed by atoms with Crippen LogP contribution in [0.3, 0.4) is 0 Å². The van der Waals surface area contributed by atoms with Crippen LogP contribution in [0.5, 0.6) is 0 Å². The maximum atomic E-state index is 5.45. The molecule has 0 amide bonds. The smallest absolute Gasteiger partial charge is 0.0701 e. The van der Waals surface area contributed by atoms with E-state index in [2.05, 4.69) is 29.8 Å². The van der Waals surface area contributed by atoms with Gasteiger partial charge in [0.2, 0.25) is 0 Å². The minimum absolute atomic E-state index is 0.555. The summed E-state index contributed by atoms with van der Waals surface area (Å²) in [5.74, 6) is 0.652. The minimum atomic E-state index is 0.555. The quantitative estimate of drug-likeness (QED) is 0.455. The molecule has 0 aliphatic carbocycles. The molecule has 0 saturated heterocycles. The van der Waals surface area contributed by atoms with Gasteiger partial charge in [0, 0.05) is 18.5 Å². The van der Waals surface area contributed by atoms with Gasteiger partial charge in [-0.05, 0) is 12.3 Å². The first-order valence-corrected chi connectivity index (χ1v) is 6.38. The largest absolute Gasteiger partial charge is 0.382 e. The molecule has 15 heavy (non-hydrogen) atoms. The zero-order chi connectivity index (χ0) is 11.5. The van der Waals surface area contributed by atoms with Crippen LogP contribution in [0, 0.1) is 5.92 Å². The molecule has 2 unspecified atom stereocenters. The van der Waals surface area contributed by atoms with Crippen molar-refractivity contribution in [3.63, 3.8) is 0 Å². The van der Waals surface area contributed by atoms with E-state index in [-0.39, 0.29) is 0 Å². The van der Waals surface area contributed by atoms with Crippen molar-refractivity contribution in [3.05, 3.63) is 0 Å². The van der Waals surface area contributed by atoms with E-state index in [0.717, 1.165) is 13.0 Å². The van der Waals surface area contributed by atoms with Crippen LogP contribution in [0.4, 0.5) is 0 Å². The maximum Gasteiger partial charge on any atom is 0.0701 e. The first kappa shape index (κ1) is 15.4. The first-order chi connectivity index (χ1) is 7.18. The molecule has 0 aliphatic rings. The van der Waals surface area contributed by atoms with Crippen LogP contribution in [0.15, 0.2) is 0 Å². The summed E-state index contributed by atoms with van der Waals surface area (Å²) in [7, 11) is 1.67. The van der Waals surface area contributed by atoms with Crippen LogP contribution >= 0.6 is 15.9 Å². The Morgan fingerprint density at radius 2 is 1.47 bits per heavy atom. The molecule has 0 aromatic heterocycles. The van der Waals surface area contributed by atoms with Crippen molar-refractivity contribution in [3.8, 4) is 0 Å². The molecule has 0 spiro atoms. The van der Waals surface area contributed by atoms with Gasteiger partial charge in [-0.15, -0.1) is 0 Å². The van der Waals surface area contributed by atoms with Gasteiger partial charge in [0.05, 0.1) is 26.4 Å². The highest BCUT2D eigenvalue weighted by atomic mass is 79.9. The lowest BCUT2D eigenvalue weighted by Gasteiger charge is -2.13. The molecule has 0 heterocycles. The summed E-state index contributed by atoms with van der Waals surface area (Å²) >= 11 is 3.56. The number of methoxy groups -OCH3 is 1. The summed E-state index contributed by atoms with van der Waals surface area (Å²) in [4.78, 5) is 0.555. The van der Waals surface area contributed by atoms with Crippen molar-refractivity contribution in [1.82, 2.24) is 0 Å². The Kier molecular flexibility index (Phi) is 11.1. The van der Waals surface area contributed by atoms with E-state index in [4.69, 9.17) is 14.2 Å². The van der Waals surface area contributed by atoms with Crippen LogP contribution in [-0.2, 0) is 14.2 Å². The van der Waals surface area contributed by atoms with E-state index >= 15 is 0 Å². The summed E-state index contributed by atoms with van der Waals surface area (Å²) < 4.78 is 15.6. The van der Waals surface area contributed by atoms with Crippen molar-refractivity contribution in [2.24, 2.45) is 5.92 Å². The molecule has 0 rings (SSSR count). The second-order valence-corrected chi connectivity index (χ2v) is 5.11. The summed E-state index contributed by atoms with van der Waals surface area (Å²) in [6.07, 6.45) is 1.09. The molecule has 0 fully saturated rings. The Morgan fingerprint density at radius 1 is 0.933 bits per heavy atom. The molecule has 0 aromatic carbocycles. The Morgan fingerprint density at radius 3 is 2.00 bits per heavy atom. The number of alkyl halides is 1. The average Bonchev–Trinajstić information content (AvgIpc) is 2.21. The standard InChI is InChI=1S/C11H23BrO3/c1-10(11(2)12)4-5-14-8-9-15-7-6-13-3/h10-11H,4-9H2,1-3H3. The van der Waals surface area contributed by atoms with Crippen LogP contribution < -0.4 is 0 Å². The van der Waals surface area contributed by atoms with Gasteiger partial charge in [0.15, 0.2) is 0 Å². The monoisotopic (exact) mass is 282 g/mol. The number of rotatable bonds is 10. The van der Waals surface area contributed by atoms with Crippen molar-refractivity contribution < 1.29 is 14.2 Å².